The Morgan fingerprint density at radius 2 is 2.40 bits per heavy atom. The van der Waals surface area contributed by atoms with E-state index in [1.165, 1.54) is 12.3 Å². The molecule has 1 aromatic carbocycles. The summed E-state index contributed by atoms with van der Waals surface area (Å²) in [5.74, 6) is 0.0950. The molecular weight excluding hydrogens is 330 g/mol. The molecule has 0 atom stereocenters. The number of rotatable bonds is 4. The van der Waals surface area contributed by atoms with Gasteiger partial charge in [0.2, 0.25) is 5.82 Å². The normalized spacial score (nSPS) is 10.9. The minimum atomic E-state index is -0.527. The van der Waals surface area contributed by atoms with E-state index in [1.807, 2.05) is 6.07 Å². The summed E-state index contributed by atoms with van der Waals surface area (Å²) in [5, 5.41) is 35.5. The van der Waals surface area contributed by atoms with E-state index in [0.717, 1.165) is 0 Å². The van der Waals surface area contributed by atoms with E-state index in [1.54, 1.807) is 12.1 Å². The van der Waals surface area contributed by atoms with Crippen LogP contribution in [0, 0.1) is 21.4 Å². The topological polar surface area (TPSA) is 133 Å². The van der Waals surface area contributed by atoms with Gasteiger partial charge in [0.1, 0.15) is 17.3 Å². The average Bonchev–Trinajstić information content (AvgIpc) is 2.93. The maximum atomic E-state index is 11.0. The molecule has 1 heterocycles. The van der Waals surface area contributed by atoms with E-state index in [4.69, 9.17) is 5.26 Å². The van der Waals surface area contributed by atoms with Crippen molar-refractivity contribution < 1.29 is 4.92 Å². The van der Waals surface area contributed by atoms with Gasteiger partial charge < -0.3 is 5.32 Å². The summed E-state index contributed by atoms with van der Waals surface area (Å²) in [6.07, 6.45) is 1.28. The molecule has 2 N–H and O–H groups in total. The quantitative estimate of drug-likeness (QED) is 0.494. The Balaban J connectivity index is 2.34. The average molecular weight is 336 g/mol. The van der Waals surface area contributed by atoms with Gasteiger partial charge in [0.05, 0.1) is 9.40 Å². The van der Waals surface area contributed by atoms with Gasteiger partial charge in [0.25, 0.3) is 0 Å². The molecule has 0 spiro atoms. The molecule has 0 saturated carbocycles. The van der Waals surface area contributed by atoms with E-state index in [2.05, 4.69) is 41.9 Å². The van der Waals surface area contributed by atoms with Crippen molar-refractivity contribution in [3.63, 3.8) is 0 Å². The van der Waals surface area contributed by atoms with Crippen molar-refractivity contribution in [3.05, 3.63) is 44.8 Å². The fourth-order valence-electron chi connectivity index (χ4n) is 1.39. The number of aromatic amines is 1. The molecule has 0 bridgehead atoms. The van der Waals surface area contributed by atoms with Gasteiger partial charge in [-0.05, 0) is 33.3 Å². The zero-order valence-electron chi connectivity index (χ0n) is 9.74. The molecule has 2 rings (SSSR count). The summed E-state index contributed by atoms with van der Waals surface area (Å²) in [6, 6.07) is 6.57. The highest BCUT2D eigenvalue weighted by atomic mass is 79.9. The first-order valence-electron chi connectivity index (χ1n) is 5.17. The summed E-state index contributed by atoms with van der Waals surface area (Å²) >= 11 is 3.10. The fourth-order valence-corrected chi connectivity index (χ4v) is 1.90. The highest BCUT2D eigenvalue weighted by Gasteiger charge is 2.17. The van der Waals surface area contributed by atoms with Crippen molar-refractivity contribution in [1.29, 1.82) is 5.26 Å². The summed E-state index contributed by atoms with van der Waals surface area (Å²) in [7, 11) is 0. The number of allylic oxidation sites excluding steroid dienone is 1. The second-order valence-electron chi connectivity index (χ2n) is 3.44. The van der Waals surface area contributed by atoms with Crippen LogP contribution >= 0.6 is 15.9 Å². The van der Waals surface area contributed by atoms with Gasteiger partial charge >= 0.3 is 5.69 Å². The second-order valence-corrected chi connectivity index (χ2v) is 4.30. The lowest BCUT2D eigenvalue weighted by atomic mass is 10.2. The van der Waals surface area contributed by atoms with Gasteiger partial charge in [-0.1, -0.05) is 6.07 Å². The van der Waals surface area contributed by atoms with Crippen molar-refractivity contribution in [2.24, 2.45) is 0 Å². The van der Waals surface area contributed by atoms with Crippen molar-refractivity contribution >= 4 is 32.9 Å². The SMILES string of the molecule is N#CC(=CNc1cccc(Br)c1[N+](=O)[O-])c1nn[nH]n1. The van der Waals surface area contributed by atoms with Crippen LogP contribution in [-0.4, -0.2) is 25.5 Å². The first kappa shape index (κ1) is 13.6. The first-order chi connectivity index (χ1) is 9.63. The van der Waals surface area contributed by atoms with Crippen molar-refractivity contribution in [1.82, 2.24) is 20.6 Å². The zero-order chi connectivity index (χ0) is 14.5. The number of halogens is 1. The fraction of sp³-hybridized carbons (Fsp3) is 0. The number of H-pyrrole nitrogens is 1. The summed E-state index contributed by atoms with van der Waals surface area (Å²) in [4.78, 5) is 10.5. The molecule has 10 heteroatoms. The highest BCUT2D eigenvalue weighted by molar-refractivity contribution is 9.10. The molecule has 1 aromatic heterocycles. The van der Waals surface area contributed by atoms with Crippen LogP contribution in [-0.2, 0) is 0 Å². The summed E-state index contributed by atoms with van der Waals surface area (Å²) in [5.41, 5.74) is 0.197. The molecule has 0 amide bonds. The van der Waals surface area contributed by atoms with Gasteiger partial charge in [-0.15, -0.1) is 10.2 Å². The molecule has 0 aliphatic heterocycles. The minimum Gasteiger partial charge on any atom is -0.355 e. The number of nitro groups is 1. The number of para-hydroxylation sites is 1. The lowest BCUT2D eigenvalue weighted by Crippen LogP contribution is -1.98. The molecule has 2 aromatic rings. The van der Waals surface area contributed by atoms with Crippen LogP contribution in [0.4, 0.5) is 11.4 Å². The van der Waals surface area contributed by atoms with Gasteiger partial charge in [-0.3, -0.25) is 10.1 Å². The number of nitrogens with one attached hydrogen (secondary N) is 2. The Labute approximate surface area is 120 Å². The second kappa shape index (κ2) is 5.89. The lowest BCUT2D eigenvalue weighted by Gasteiger charge is -2.04. The third-order valence-electron chi connectivity index (χ3n) is 2.25. The van der Waals surface area contributed by atoms with Crippen LogP contribution in [0.3, 0.4) is 0 Å². The molecule has 0 radical (unpaired) electrons. The Kier molecular flexibility index (Phi) is 4.02. The van der Waals surface area contributed by atoms with Gasteiger partial charge in [-0.25, -0.2) is 0 Å². The smallest absolute Gasteiger partial charge is 0.306 e. The number of nitrogens with zero attached hydrogens (tertiary/aromatic N) is 5. The Morgan fingerprint density at radius 3 is 3.00 bits per heavy atom. The maximum absolute atomic E-state index is 11.0. The maximum Gasteiger partial charge on any atom is 0.306 e. The van der Waals surface area contributed by atoms with Gasteiger partial charge in [0.15, 0.2) is 0 Å². The number of hydrogen-bond donors (Lipinski definition) is 2. The van der Waals surface area contributed by atoms with E-state index >= 15 is 0 Å². The van der Waals surface area contributed by atoms with Crippen molar-refractivity contribution in [3.8, 4) is 6.07 Å². The number of anilines is 1. The molecule has 9 nitrogen and oxygen atoms in total. The van der Waals surface area contributed by atoms with Crippen LogP contribution < -0.4 is 5.32 Å². The largest absolute Gasteiger partial charge is 0.355 e. The van der Waals surface area contributed by atoms with Crippen LogP contribution in [0.1, 0.15) is 5.82 Å². The Hall–Kier alpha value is -2.80. The summed E-state index contributed by atoms with van der Waals surface area (Å²) in [6.45, 7) is 0. The van der Waals surface area contributed by atoms with E-state index in [-0.39, 0.29) is 22.8 Å². The molecule has 0 saturated heterocycles. The molecule has 100 valence electrons. The third-order valence-corrected chi connectivity index (χ3v) is 2.89. The molecule has 0 aliphatic rings. The van der Waals surface area contributed by atoms with Crippen LogP contribution in [0.2, 0.25) is 0 Å². The number of hydrogen-bond acceptors (Lipinski definition) is 7. The third kappa shape index (κ3) is 2.78. The van der Waals surface area contributed by atoms with Gasteiger partial charge in [-0.2, -0.15) is 10.5 Å². The molecule has 0 unspecified atom stereocenters. The Morgan fingerprint density at radius 1 is 1.60 bits per heavy atom. The van der Waals surface area contributed by atoms with Gasteiger partial charge in [0, 0.05) is 6.20 Å². The Bertz CT molecular complexity index is 705. The van der Waals surface area contributed by atoms with Crippen LogP contribution in [0.25, 0.3) is 5.57 Å². The molecular formula is C10H6BrN7O2. The lowest BCUT2D eigenvalue weighted by molar-refractivity contribution is -0.384. The van der Waals surface area contributed by atoms with Crippen molar-refractivity contribution in [2.45, 2.75) is 0 Å². The van der Waals surface area contributed by atoms with Crippen molar-refractivity contribution in [2.75, 3.05) is 5.32 Å². The number of nitriles is 1. The first-order valence-corrected chi connectivity index (χ1v) is 5.96. The molecule has 0 aliphatic carbocycles. The number of benzene rings is 1. The van der Waals surface area contributed by atoms with E-state index in [0.29, 0.717) is 4.47 Å². The minimum absolute atomic E-state index is 0.0908. The summed E-state index contributed by atoms with van der Waals surface area (Å²) < 4.78 is 0.332. The predicted octanol–water partition coefficient (Wildman–Crippen LogP) is 1.85. The molecule has 0 fully saturated rings. The number of aromatic nitrogens is 4. The standard InChI is InChI=1S/C10H6BrN7O2/c11-7-2-1-3-8(9(7)18(19)20)13-5-6(4-12)10-14-16-17-15-10/h1-3,5,13H,(H,14,15,16,17). The number of nitro benzene ring substituents is 1. The monoisotopic (exact) mass is 335 g/mol. The molecule has 20 heavy (non-hydrogen) atoms. The van der Waals surface area contributed by atoms with Crippen LogP contribution in [0.5, 0.6) is 0 Å². The van der Waals surface area contributed by atoms with E-state index in [9.17, 15) is 10.1 Å². The zero-order valence-corrected chi connectivity index (χ0v) is 11.3. The van der Waals surface area contributed by atoms with E-state index < -0.39 is 4.92 Å². The highest BCUT2D eigenvalue weighted by Crippen LogP contribution is 2.32. The number of tetrazole rings is 1. The van der Waals surface area contributed by atoms with Crippen LogP contribution in [0.15, 0.2) is 28.9 Å². The predicted molar refractivity (Wildman–Crippen MR) is 72.2 cm³/mol.